The first-order valence-corrected chi connectivity index (χ1v) is 8.42. The molecule has 1 heterocycles. The lowest BCUT2D eigenvalue weighted by Gasteiger charge is -2.27. The number of aryl methyl sites for hydroxylation is 1. The summed E-state index contributed by atoms with van der Waals surface area (Å²) in [5.74, 6) is -0.493. The smallest absolute Gasteiger partial charge is 0.262 e. The maximum atomic E-state index is 12.3. The molecule has 138 valence electrons. The molecule has 0 aliphatic rings. The van der Waals surface area contributed by atoms with E-state index >= 15 is 0 Å². The van der Waals surface area contributed by atoms with Crippen LogP contribution in [0.5, 0.6) is 0 Å². The summed E-state index contributed by atoms with van der Waals surface area (Å²) in [5.41, 5.74) is 1.85. The number of aliphatic hydroxyl groups is 1. The van der Waals surface area contributed by atoms with Crippen LogP contribution in [0, 0.1) is 31.1 Å². The van der Waals surface area contributed by atoms with Crippen LogP contribution in [-0.2, 0) is 16.1 Å². The van der Waals surface area contributed by atoms with Crippen LogP contribution in [0.25, 0.3) is 6.08 Å². The van der Waals surface area contributed by atoms with Crippen LogP contribution in [0.3, 0.4) is 0 Å². The van der Waals surface area contributed by atoms with Crippen molar-refractivity contribution in [1.82, 2.24) is 9.88 Å². The quantitative estimate of drug-likeness (QED) is 0.557. The van der Waals surface area contributed by atoms with E-state index in [-0.39, 0.29) is 18.0 Å². The molecule has 25 heavy (non-hydrogen) atoms. The lowest BCUT2D eigenvalue weighted by atomic mass is 9.92. The Labute approximate surface area is 150 Å². The van der Waals surface area contributed by atoms with Crippen LogP contribution < -0.4 is 5.32 Å². The van der Waals surface area contributed by atoms with Crippen molar-refractivity contribution in [1.29, 1.82) is 5.26 Å². The normalized spacial score (nSPS) is 14.3. The molecule has 0 spiro atoms. The lowest BCUT2D eigenvalue weighted by Crippen LogP contribution is -2.44. The summed E-state index contributed by atoms with van der Waals surface area (Å²) in [6, 6.07) is 3.89. The van der Waals surface area contributed by atoms with E-state index in [1.807, 2.05) is 39.8 Å². The summed E-state index contributed by atoms with van der Waals surface area (Å²) in [4.78, 5) is 12.3. The summed E-state index contributed by atoms with van der Waals surface area (Å²) < 4.78 is 7.20. The zero-order chi connectivity index (χ0) is 19.2. The van der Waals surface area contributed by atoms with Crippen LogP contribution in [0.4, 0.5) is 0 Å². The molecule has 0 bridgehead atoms. The Morgan fingerprint density at radius 3 is 2.68 bits per heavy atom. The van der Waals surface area contributed by atoms with Crippen molar-refractivity contribution in [2.75, 3.05) is 20.3 Å². The number of methoxy groups -OCH3 is 1. The fourth-order valence-electron chi connectivity index (χ4n) is 2.36. The van der Waals surface area contributed by atoms with E-state index in [1.54, 1.807) is 20.1 Å². The van der Waals surface area contributed by atoms with Crippen molar-refractivity contribution in [2.24, 2.45) is 5.92 Å². The van der Waals surface area contributed by atoms with Crippen molar-refractivity contribution < 1.29 is 14.6 Å². The minimum atomic E-state index is -1.02. The third-order valence-electron chi connectivity index (χ3n) is 4.65. The highest BCUT2D eigenvalue weighted by Crippen LogP contribution is 2.19. The van der Waals surface area contributed by atoms with Crippen molar-refractivity contribution in [2.45, 2.75) is 46.8 Å². The first-order valence-electron chi connectivity index (χ1n) is 8.42. The molecule has 0 aliphatic carbocycles. The number of nitrogens with one attached hydrogen (secondary N) is 1. The zero-order valence-electron chi connectivity index (χ0n) is 16.0. The van der Waals surface area contributed by atoms with Gasteiger partial charge in [0.15, 0.2) is 0 Å². The van der Waals surface area contributed by atoms with E-state index in [9.17, 15) is 15.2 Å². The molecular weight excluding hydrogens is 318 g/mol. The number of nitriles is 1. The monoisotopic (exact) mass is 347 g/mol. The Balaban J connectivity index is 2.97. The van der Waals surface area contributed by atoms with E-state index in [2.05, 4.69) is 9.88 Å². The van der Waals surface area contributed by atoms with Gasteiger partial charge in [-0.15, -0.1) is 0 Å². The molecule has 0 radical (unpaired) electrons. The molecule has 0 fully saturated rings. The van der Waals surface area contributed by atoms with E-state index < -0.39 is 11.5 Å². The highest BCUT2D eigenvalue weighted by Gasteiger charge is 2.26. The van der Waals surface area contributed by atoms with Gasteiger partial charge in [-0.3, -0.25) is 4.79 Å². The lowest BCUT2D eigenvalue weighted by molar-refractivity contribution is -0.118. The predicted molar refractivity (Wildman–Crippen MR) is 97.8 cm³/mol. The molecule has 0 aromatic carbocycles. The molecule has 0 saturated heterocycles. The van der Waals surface area contributed by atoms with E-state index in [4.69, 9.17) is 4.74 Å². The maximum Gasteiger partial charge on any atom is 0.262 e. The van der Waals surface area contributed by atoms with Gasteiger partial charge in [-0.25, -0.2) is 0 Å². The standard InChI is InChI=1S/C19H29N3O3/c1-13(2)19(5,24)12-21-18(23)17(11-20)10-16-9-14(3)22(15(16)4)7-8-25-6/h9-10,13,24H,7-8,12H2,1-6H3,(H,21,23). The Morgan fingerprint density at radius 2 is 2.16 bits per heavy atom. The van der Waals surface area contributed by atoms with Gasteiger partial charge in [0.25, 0.3) is 5.91 Å². The van der Waals surface area contributed by atoms with Crippen LogP contribution in [0.15, 0.2) is 11.6 Å². The minimum Gasteiger partial charge on any atom is -0.388 e. The van der Waals surface area contributed by atoms with Gasteiger partial charge < -0.3 is 19.7 Å². The number of hydrogen-bond donors (Lipinski definition) is 2. The van der Waals surface area contributed by atoms with Gasteiger partial charge in [0.2, 0.25) is 0 Å². The van der Waals surface area contributed by atoms with Crippen LogP contribution in [-0.4, -0.2) is 41.4 Å². The second-order valence-corrected chi connectivity index (χ2v) is 6.84. The number of carbonyl (C=O) groups is 1. The Morgan fingerprint density at radius 1 is 1.52 bits per heavy atom. The van der Waals surface area contributed by atoms with Crippen molar-refractivity contribution >= 4 is 12.0 Å². The molecule has 1 aromatic rings. The van der Waals surface area contributed by atoms with Crippen LogP contribution in [0.1, 0.15) is 37.7 Å². The molecule has 1 aromatic heterocycles. The Hall–Kier alpha value is -2.10. The van der Waals surface area contributed by atoms with Gasteiger partial charge in [0, 0.05) is 31.6 Å². The van der Waals surface area contributed by atoms with Crippen molar-refractivity contribution in [3.63, 3.8) is 0 Å². The third kappa shape index (κ3) is 5.45. The molecule has 0 aliphatic heterocycles. The number of rotatable bonds is 8. The van der Waals surface area contributed by atoms with Crippen molar-refractivity contribution in [3.05, 3.63) is 28.6 Å². The minimum absolute atomic E-state index is 0.0120. The fourth-order valence-corrected chi connectivity index (χ4v) is 2.36. The van der Waals surface area contributed by atoms with Gasteiger partial charge in [0.1, 0.15) is 11.6 Å². The van der Waals surface area contributed by atoms with E-state index in [0.717, 1.165) is 17.0 Å². The molecule has 6 nitrogen and oxygen atoms in total. The SMILES string of the molecule is COCCn1c(C)cc(C=C(C#N)C(=O)NCC(C)(O)C(C)C)c1C. The number of aromatic nitrogens is 1. The average molecular weight is 347 g/mol. The van der Waals surface area contributed by atoms with Gasteiger partial charge in [-0.05, 0) is 44.4 Å². The second kappa shape index (κ2) is 8.84. The second-order valence-electron chi connectivity index (χ2n) is 6.84. The summed E-state index contributed by atoms with van der Waals surface area (Å²) >= 11 is 0. The molecule has 1 unspecified atom stereocenters. The number of hydrogen-bond acceptors (Lipinski definition) is 4. The average Bonchev–Trinajstić information content (AvgIpc) is 2.82. The first kappa shape index (κ1) is 20.9. The Bertz CT molecular complexity index is 679. The largest absolute Gasteiger partial charge is 0.388 e. The van der Waals surface area contributed by atoms with E-state index in [1.165, 1.54) is 0 Å². The van der Waals surface area contributed by atoms with Gasteiger partial charge >= 0.3 is 0 Å². The fraction of sp³-hybridized carbons (Fsp3) is 0.579. The van der Waals surface area contributed by atoms with Gasteiger partial charge in [-0.2, -0.15) is 5.26 Å². The summed E-state index contributed by atoms with van der Waals surface area (Å²) in [6.45, 7) is 10.7. The topological polar surface area (TPSA) is 87.3 Å². The Kier molecular flexibility index (Phi) is 7.40. The number of nitrogens with zero attached hydrogens (tertiary/aromatic N) is 2. The molecular formula is C19H29N3O3. The van der Waals surface area contributed by atoms with Crippen molar-refractivity contribution in [3.8, 4) is 6.07 Å². The highest BCUT2D eigenvalue weighted by molar-refractivity contribution is 6.01. The maximum absolute atomic E-state index is 12.3. The summed E-state index contributed by atoms with van der Waals surface area (Å²) in [5, 5.41) is 22.2. The van der Waals surface area contributed by atoms with Crippen LogP contribution in [0.2, 0.25) is 0 Å². The molecule has 2 N–H and O–H groups in total. The van der Waals surface area contributed by atoms with Crippen LogP contribution >= 0.6 is 0 Å². The van der Waals surface area contributed by atoms with Gasteiger partial charge in [0.05, 0.1) is 12.2 Å². The summed E-state index contributed by atoms with van der Waals surface area (Å²) in [7, 11) is 1.65. The van der Waals surface area contributed by atoms with Gasteiger partial charge in [-0.1, -0.05) is 13.8 Å². The zero-order valence-corrected chi connectivity index (χ0v) is 16.0. The molecule has 1 atom stereocenters. The number of ether oxygens (including phenoxy) is 1. The summed E-state index contributed by atoms with van der Waals surface area (Å²) in [6.07, 6.45) is 1.59. The predicted octanol–water partition coefficient (Wildman–Crippen LogP) is 2.18. The molecule has 1 rings (SSSR count). The van der Waals surface area contributed by atoms with E-state index in [0.29, 0.717) is 13.2 Å². The number of carbonyl (C=O) groups excluding carboxylic acids is 1. The highest BCUT2D eigenvalue weighted by atomic mass is 16.5. The number of amides is 1. The molecule has 1 amide bonds. The third-order valence-corrected chi connectivity index (χ3v) is 4.65. The molecule has 0 saturated carbocycles. The molecule has 6 heteroatoms. The first-order chi connectivity index (χ1) is 11.6.